The first-order valence-electron chi connectivity index (χ1n) is 4.09. The van der Waals surface area contributed by atoms with E-state index < -0.39 is 5.12 Å². The van der Waals surface area contributed by atoms with Crippen LogP contribution in [0.25, 0.3) is 0 Å². The van der Waals surface area contributed by atoms with E-state index in [1.807, 2.05) is 0 Å². The average molecular weight is 186 g/mol. The number of nitrogens with one attached hydrogen (secondary N) is 1. The minimum atomic E-state index is -0.797. The topological polar surface area (TPSA) is 90.1 Å². The van der Waals surface area contributed by atoms with E-state index >= 15 is 0 Å². The highest BCUT2D eigenvalue weighted by Gasteiger charge is 2.34. The van der Waals surface area contributed by atoms with Crippen molar-refractivity contribution in [2.24, 2.45) is 17.2 Å². The Morgan fingerprint density at radius 1 is 1.50 bits per heavy atom. The van der Waals surface area contributed by atoms with Gasteiger partial charge in [0.1, 0.15) is 0 Å². The van der Waals surface area contributed by atoms with E-state index in [-0.39, 0.29) is 6.04 Å². The molecule has 1 unspecified atom stereocenters. The van der Waals surface area contributed by atoms with Gasteiger partial charge in [-0.1, -0.05) is 11.8 Å². The van der Waals surface area contributed by atoms with Crippen LogP contribution in [0.3, 0.4) is 0 Å². The maximum Gasteiger partial charge on any atom is 0.193 e. The van der Waals surface area contributed by atoms with Gasteiger partial charge in [0.05, 0.1) is 0 Å². The van der Waals surface area contributed by atoms with Crippen molar-refractivity contribution < 1.29 is 0 Å². The Morgan fingerprint density at radius 3 is 3.00 bits per heavy atom. The summed E-state index contributed by atoms with van der Waals surface area (Å²) in [6.07, 6.45) is 2.94. The first kappa shape index (κ1) is 8.37. The molecule has 1 aliphatic carbocycles. The highest BCUT2D eigenvalue weighted by molar-refractivity contribution is 8.04. The van der Waals surface area contributed by atoms with Gasteiger partial charge in [-0.3, -0.25) is 11.5 Å². The summed E-state index contributed by atoms with van der Waals surface area (Å²) in [5.41, 5.74) is 18.5. The first-order valence-corrected chi connectivity index (χ1v) is 4.91. The van der Waals surface area contributed by atoms with E-state index in [9.17, 15) is 0 Å². The maximum absolute atomic E-state index is 5.82. The SMILES string of the molecule is NC1CCC2=C(C1)SC(N)(N)N2. The van der Waals surface area contributed by atoms with Gasteiger partial charge in [0.25, 0.3) is 0 Å². The molecule has 0 fully saturated rings. The van der Waals surface area contributed by atoms with Crippen molar-refractivity contribution in [3.63, 3.8) is 0 Å². The van der Waals surface area contributed by atoms with Gasteiger partial charge >= 0.3 is 0 Å². The molecule has 1 aliphatic heterocycles. The lowest BCUT2D eigenvalue weighted by Gasteiger charge is -2.19. The lowest BCUT2D eigenvalue weighted by molar-refractivity contribution is 0.515. The van der Waals surface area contributed by atoms with Crippen LogP contribution in [-0.2, 0) is 0 Å². The summed E-state index contributed by atoms with van der Waals surface area (Å²) in [5.74, 6) is 0. The number of nitrogens with two attached hydrogens (primary N) is 3. The largest absolute Gasteiger partial charge is 0.349 e. The molecule has 0 amide bonds. The van der Waals surface area contributed by atoms with Gasteiger partial charge in [-0.2, -0.15) is 0 Å². The quantitative estimate of drug-likeness (QED) is 0.386. The normalized spacial score (nSPS) is 33.1. The van der Waals surface area contributed by atoms with Crippen LogP contribution in [0.15, 0.2) is 10.6 Å². The summed E-state index contributed by atoms with van der Waals surface area (Å²) in [7, 11) is 0. The number of allylic oxidation sites excluding steroid dienone is 1. The fraction of sp³-hybridized carbons (Fsp3) is 0.714. The van der Waals surface area contributed by atoms with Crippen LogP contribution < -0.4 is 22.5 Å². The van der Waals surface area contributed by atoms with Crippen LogP contribution >= 0.6 is 11.8 Å². The molecule has 1 heterocycles. The van der Waals surface area contributed by atoms with Gasteiger partial charge in [-0.15, -0.1) is 0 Å². The minimum Gasteiger partial charge on any atom is -0.349 e. The van der Waals surface area contributed by atoms with Crippen molar-refractivity contribution in [1.82, 2.24) is 5.32 Å². The molecule has 0 spiro atoms. The van der Waals surface area contributed by atoms with Crippen LogP contribution in [0.2, 0.25) is 0 Å². The Kier molecular flexibility index (Phi) is 1.84. The Labute approximate surface area is 75.9 Å². The summed E-state index contributed by atoms with van der Waals surface area (Å²) >= 11 is 1.50. The predicted octanol–water partition coefficient (Wildman–Crippen LogP) is -0.426. The predicted molar refractivity (Wildman–Crippen MR) is 50.7 cm³/mol. The third-order valence-corrected chi connectivity index (χ3v) is 3.29. The van der Waals surface area contributed by atoms with E-state index in [1.165, 1.54) is 22.4 Å². The molecule has 1 atom stereocenters. The average Bonchev–Trinajstić information content (AvgIpc) is 2.21. The van der Waals surface area contributed by atoms with Crippen molar-refractivity contribution in [3.05, 3.63) is 10.6 Å². The van der Waals surface area contributed by atoms with Gasteiger partial charge in [-0.25, -0.2) is 0 Å². The van der Waals surface area contributed by atoms with Crippen molar-refractivity contribution in [2.75, 3.05) is 0 Å². The molecule has 68 valence electrons. The zero-order valence-corrected chi connectivity index (χ0v) is 7.66. The molecule has 12 heavy (non-hydrogen) atoms. The Hall–Kier alpha value is -0.230. The summed E-state index contributed by atoms with van der Waals surface area (Å²) in [5, 5.41) is 2.30. The van der Waals surface area contributed by atoms with Gasteiger partial charge in [0, 0.05) is 16.6 Å². The smallest absolute Gasteiger partial charge is 0.193 e. The fourth-order valence-corrected chi connectivity index (χ4v) is 2.79. The van der Waals surface area contributed by atoms with Gasteiger partial charge in [0.2, 0.25) is 0 Å². The summed E-state index contributed by atoms with van der Waals surface area (Å²) in [6, 6.07) is 0.284. The number of thioether (sulfide) groups is 1. The second-order valence-electron chi connectivity index (χ2n) is 3.42. The van der Waals surface area contributed by atoms with Gasteiger partial charge < -0.3 is 11.1 Å². The molecule has 2 aliphatic rings. The molecule has 7 N–H and O–H groups in total. The highest BCUT2D eigenvalue weighted by atomic mass is 32.2. The minimum absolute atomic E-state index is 0.284. The zero-order valence-electron chi connectivity index (χ0n) is 6.84. The molecular weight excluding hydrogens is 172 g/mol. The number of hydrogen-bond acceptors (Lipinski definition) is 5. The molecule has 0 radical (unpaired) electrons. The van der Waals surface area contributed by atoms with Crippen LogP contribution in [-0.4, -0.2) is 11.2 Å². The standard InChI is InChI=1S/C7H14N4S/c8-4-1-2-5-6(3-4)12-7(9,10)11-5/h4,11H,1-3,8-10H2. The van der Waals surface area contributed by atoms with E-state index in [0.717, 1.165) is 19.3 Å². The Morgan fingerprint density at radius 2 is 2.25 bits per heavy atom. The van der Waals surface area contributed by atoms with E-state index in [0.29, 0.717) is 0 Å². The Bertz CT molecular complexity index is 236. The summed E-state index contributed by atoms with van der Waals surface area (Å²) in [4.78, 5) is 1.25. The Balaban J connectivity index is 2.14. The summed E-state index contributed by atoms with van der Waals surface area (Å²) < 4.78 is 0. The number of rotatable bonds is 0. The molecule has 4 nitrogen and oxygen atoms in total. The molecule has 0 aromatic rings. The molecule has 0 aromatic carbocycles. The first-order chi connectivity index (χ1) is 5.57. The molecule has 0 saturated heterocycles. The molecule has 0 saturated carbocycles. The second kappa shape index (κ2) is 2.63. The third kappa shape index (κ3) is 1.45. The molecule has 5 heteroatoms. The van der Waals surface area contributed by atoms with E-state index in [2.05, 4.69) is 5.32 Å². The molecule has 0 bridgehead atoms. The van der Waals surface area contributed by atoms with Crippen LogP contribution in [0, 0.1) is 0 Å². The lowest BCUT2D eigenvalue weighted by Crippen LogP contribution is -2.55. The van der Waals surface area contributed by atoms with Crippen molar-refractivity contribution in [3.8, 4) is 0 Å². The van der Waals surface area contributed by atoms with Gasteiger partial charge in [0.15, 0.2) is 5.12 Å². The molecular formula is C7H14N4S. The fourth-order valence-electron chi connectivity index (χ4n) is 1.63. The second-order valence-corrected chi connectivity index (χ2v) is 4.80. The number of hydrogen-bond donors (Lipinski definition) is 4. The van der Waals surface area contributed by atoms with Crippen molar-refractivity contribution in [1.29, 1.82) is 0 Å². The van der Waals surface area contributed by atoms with Crippen molar-refractivity contribution >= 4 is 11.8 Å². The van der Waals surface area contributed by atoms with Crippen LogP contribution in [0.1, 0.15) is 19.3 Å². The van der Waals surface area contributed by atoms with Gasteiger partial charge in [-0.05, 0) is 19.3 Å². The lowest BCUT2D eigenvalue weighted by atomic mass is 10.00. The highest BCUT2D eigenvalue weighted by Crippen LogP contribution is 2.39. The zero-order chi connectivity index (χ0) is 8.77. The summed E-state index contributed by atoms with van der Waals surface area (Å²) in [6.45, 7) is 0. The van der Waals surface area contributed by atoms with Crippen LogP contribution in [0.4, 0.5) is 0 Å². The van der Waals surface area contributed by atoms with E-state index in [4.69, 9.17) is 17.2 Å². The van der Waals surface area contributed by atoms with Crippen LogP contribution in [0.5, 0.6) is 0 Å². The third-order valence-electron chi connectivity index (χ3n) is 2.19. The monoisotopic (exact) mass is 186 g/mol. The molecule has 2 rings (SSSR count). The molecule has 0 aromatic heterocycles. The van der Waals surface area contributed by atoms with E-state index in [1.54, 1.807) is 0 Å². The van der Waals surface area contributed by atoms with Crippen molar-refractivity contribution in [2.45, 2.75) is 30.4 Å². The maximum atomic E-state index is 5.82.